The molecule has 0 aliphatic heterocycles. The maximum Gasteiger partial charge on any atom is 0.413 e. The Bertz CT molecular complexity index is 623. The third kappa shape index (κ3) is 4.63. The van der Waals surface area contributed by atoms with Gasteiger partial charge in [-0.3, -0.25) is 10.1 Å². The molecule has 2 rings (SSSR count). The van der Waals surface area contributed by atoms with E-state index in [9.17, 15) is 9.59 Å². The molecule has 2 amide bonds. The minimum absolute atomic E-state index is 0.209. The van der Waals surface area contributed by atoms with E-state index in [4.69, 9.17) is 4.74 Å². The summed E-state index contributed by atoms with van der Waals surface area (Å²) in [6.45, 7) is 1.62. The van der Waals surface area contributed by atoms with E-state index in [1.807, 2.05) is 42.5 Å². The van der Waals surface area contributed by atoms with Crippen molar-refractivity contribution in [3.05, 3.63) is 54.6 Å². The second-order valence-electron chi connectivity index (χ2n) is 4.45. The first-order valence-electron chi connectivity index (χ1n) is 6.94. The van der Waals surface area contributed by atoms with E-state index in [2.05, 4.69) is 10.1 Å². The van der Waals surface area contributed by atoms with Crippen molar-refractivity contribution in [3.8, 4) is 16.9 Å². The van der Waals surface area contributed by atoms with Crippen LogP contribution in [-0.4, -0.2) is 25.2 Å². The third-order valence-corrected chi connectivity index (χ3v) is 2.85. The Kier molecular flexibility index (Phi) is 5.54. The van der Waals surface area contributed by atoms with Crippen molar-refractivity contribution in [3.63, 3.8) is 0 Å². The second kappa shape index (κ2) is 7.83. The average molecular weight is 299 g/mol. The summed E-state index contributed by atoms with van der Waals surface area (Å²) in [7, 11) is 0. The van der Waals surface area contributed by atoms with Gasteiger partial charge in [-0.15, -0.1) is 0 Å². The number of rotatable bonds is 5. The van der Waals surface area contributed by atoms with Crippen LogP contribution in [0.15, 0.2) is 54.6 Å². The molecule has 0 spiro atoms. The molecular weight excluding hydrogens is 282 g/mol. The largest absolute Gasteiger partial charge is 0.484 e. The molecule has 0 unspecified atom stereocenters. The lowest BCUT2D eigenvalue weighted by Crippen LogP contribution is -2.34. The van der Waals surface area contributed by atoms with Gasteiger partial charge in [0.2, 0.25) is 0 Å². The molecule has 5 heteroatoms. The Labute approximate surface area is 128 Å². The fourth-order valence-electron chi connectivity index (χ4n) is 1.84. The van der Waals surface area contributed by atoms with Crippen LogP contribution in [0.5, 0.6) is 5.75 Å². The number of hydrogen-bond donors (Lipinski definition) is 1. The monoisotopic (exact) mass is 299 g/mol. The van der Waals surface area contributed by atoms with Crippen molar-refractivity contribution < 1.29 is 19.1 Å². The minimum atomic E-state index is -0.768. The number of hydrogen-bond acceptors (Lipinski definition) is 4. The number of amides is 2. The summed E-state index contributed by atoms with van der Waals surface area (Å²) in [6.07, 6.45) is -0.768. The van der Waals surface area contributed by atoms with Gasteiger partial charge < -0.3 is 9.47 Å². The first-order valence-corrected chi connectivity index (χ1v) is 6.94. The summed E-state index contributed by atoms with van der Waals surface area (Å²) in [6, 6.07) is 17.3. The molecule has 0 saturated heterocycles. The number of carbonyl (C=O) groups is 2. The highest BCUT2D eigenvalue weighted by Gasteiger charge is 2.08. The standard InChI is InChI=1S/C17H17NO4/c1-2-21-17(20)18-16(19)12-22-15-10-8-14(9-11-15)13-6-4-3-5-7-13/h3-11H,2,12H2,1H3,(H,18,19,20). The van der Waals surface area contributed by atoms with E-state index >= 15 is 0 Å². The summed E-state index contributed by atoms with van der Waals surface area (Å²) in [5, 5.41) is 2.06. The Hall–Kier alpha value is -2.82. The van der Waals surface area contributed by atoms with Crippen LogP contribution >= 0.6 is 0 Å². The molecule has 0 saturated carbocycles. The van der Waals surface area contributed by atoms with Gasteiger partial charge in [0.25, 0.3) is 5.91 Å². The molecule has 0 atom stereocenters. The van der Waals surface area contributed by atoms with Gasteiger partial charge >= 0.3 is 6.09 Å². The molecule has 2 aromatic carbocycles. The quantitative estimate of drug-likeness (QED) is 0.921. The van der Waals surface area contributed by atoms with Gasteiger partial charge in [0.15, 0.2) is 6.61 Å². The molecule has 22 heavy (non-hydrogen) atoms. The molecule has 0 fully saturated rings. The predicted octanol–water partition coefficient (Wildman–Crippen LogP) is 3.01. The van der Waals surface area contributed by atoms with Crippen molar-refractivity contribution in [2.45, 2.75) is 6.92 Å². The van der Waals surface area contributed by atoms with Gasteiger partial charge in [-0.2, -0.15) is 0 Å². The lowest BCUT2D eigenvalue weighted by molar-refractivity contribution is -0.122. The highest BCUT2D eigenvalue weighted by molar-refractivity contribution is 5.92. The summed E-state index contributed by atoms with van der Waals surface area (Å²) in [5.41, 5.74) is 2.16. The molecule has 0 aromatic heterocycles. The van der Waals surface area contributed by atoms with E-state index in [-0.39, 0.29) is 13.2 Å². The predicted molar refractivity (Wildman–Crippen MR) is 82.5 cm³/mol. The zero-order valence-corrected chi connectivity index (χ0v) is 12.2. The fourth-order valence-corrected chi connectivity index (χ4v) is 1.84. The number of nitrogens with one attached hydrogen (secondary N) is 1. The van der Waals surface area contributed by atoms with Gasteiger partial charge in [-0.1, -0.05) is 42.5 Å². The molecular formula is C17H17NO4. The van der Waals surface area contributed by atoms with E-state index in [1.165, 1.54) is 0 Å². The summed E-state index contributed by atoms with van der Waals surface area (Å²) < 4.78 is 9.92. The number of carbonyl (C=O) groups excluding carboxylic acids is 2. The molecule has 0 radical (unpaired) electrons. The minimum Gasteiger partial charge on any atom is -0.484 e. The second-order valence-corrected chi connectivity index (χ2v) is 4.45. The van der Waals surface area contributed by atoms with Crippen LogP contribution in [-0.2, 0) is 9.53 Å². The molecule has 0 aliphatic carbocycles. The molecule has 2 aromatic rings. The average Bonchev–Trinajstić information content (AvgIpc) is 2.54. The van der Waals surface area contributed by atoms with Crippen LogP contribution in [0.4, 0.5) is 4.79 Å². The highest BCUT2D eigenvalue weighted by atomic mass is 16.5. The number of alkyl carbamates (subject to hydrolysis) is 1. The summed E-state index contributed by atoms with van der Waals surface area (Å²) in [5.74, 6) is 0.00396. The Morgan fingerprint density at radius 3 is 2.23 bits per heavy atom. The van der Waals surface area contributed by atoms with Gasteiger partial charge in [0.1, 0.15) is 5.75 Å². The zero-order valence-electron chi connectivity index (χ0n) is 12.2. The zero-order chi connectivity index (χ0) is 15.8. The first-order chi connectivity index (χ1) is 10.7. The Balaban J connectivity index is 1.87. The summed E-state index contributed by atoms with van der Waals surface area (Å²) in [4.78, 5) is 22.5. The maximum absolute atomic E-state index is 11.5. The van der Waals surface area contributed by atoms with Crippen LogP contribution in [0, 0.1) is 0 Å². The Morgan fingerprint density at radius 1 is 0.955 bits per heavy atom. The van der Waals surface area contributed by atoms with Crippen molar-refractivity contribution in [2.75, 3.05) is 13.2 Å². The molecule has 0 aliphatic rings. The van der Waals surface area contributed by atoms with Crippen LogP contribution in [0.3, 0.4) is 0 Å². The van der Waals surface area contributed by atoms with Gasteiger partial charge in [0, 0.05) is 0 Å². The van der Waals surface area contributed by atoms with Gasteiger partial charge in [-0.05, 0) is 30.2 Å². The smallest absolute Gasteiger partial charge is 0.413 e. The lowest BCUT2D eigenvalue weighted by atomic mass is 10.1. The lowest BCUT2D eigenvalue weighted by Gasteiger charge is -2.07. The maximum atomic E-state index is 11.5. The third-order valence-electron chi connectivity index (χ3n) is 2.85. The highest BCUT2D eigenvalue weighted by Crippen LogP contribution is 2.21. The number of benzene rings is 2. The van der Waals surface area contributed by atoms with E-state index in [0.29, 0.717) is 5.75 Å². The van der Waals surface area contributed by atoms with Crippen molar-refractivity contribution >= 4 is 12.0 Å². The summed E-state index contributed by atoms with van der Waals surface area (Å²) >= 11 is 0. The topological polar surface area (TPSA) is 64.6 Å². The van der Waals surface area contributed by atoms with Crippen LogP contribution in [0.25, 0.3) is 11.1 Å². The normalized spacial score (nSPS) is 9.86. The molecule has 0 bridgehead atoms. The van der Waals surface area contributed by atoms with E-state index in [1.54, 1.807) is 19.1 Å². The van der Waals surface area contributed by atoms with Crippen molar-refractivity contribution in [1.29, 1.82) is 0 Å². The molecule has 5 nitrogen and oxygen atoms in total. The van der Waals surface area contributed by atoms with Crippen LogP contribution in [0.1, 0.15) is 6.92 Å². The molecule has 1 N–H and O–H groups in total. The number of ether oxygens (including phenoxy) is 2. The Morgan fingerprint density at radius 2 is 1.59 bits per heavy atom. The van der Waals surface area contributed by atoms with Gasteiger partial charge in [0.05, 0.1) is 6.61 Å². The van der Waals surface area contributed by atoms with Crippen molar-refractivity contribution in [1.82, 2.24) is 5.32 Å². The molecule has 114 valence electrons. The van der Waals surface area contributed by atoms with Crippen LogP contribution < -0.4 is 10.1 Å². The van der Waals surface area contributed by atoms with E-state index in [0.717, 1.165) is 11.1 Å². The SMILES string of the molecule is CCOC(=O)NC(=O)COc1ccc(-c2ccccc2)cc1. The first kappa shape index (κ1) is 15.6. The van der Waals surface area contributed by atoms with Crippen LogP contribution in [0.2, 0.25) is 0 Å². The van der Waals surface area contributed by atoms with E-state index < -0.39 is 12.0 Å². The number of imide groups is 1. The van der Waals surface area contributed by atoms with Crippen molar-refractivity contribution in [2.24, 2.45) is 0 Å². The fraction of sp³-hybridized carbons (Fsp3) is 0.176. The molecule has 0 heterocycles. The van der Waals surface area contributed by atoms with Gasteiger partial charge in [-0.25, -0.2) is 4.79 Å².